The Hall–Kier alpha value is -2.44. The standard InChI is InChI=1S/C13H13F2N3O2/c1-7-3-9(20-18-7)6-17-13(19)8-4-10(14)12(16-2)11(15)5-8/h3-5,16H,6H2,1-2H3,(H,17,19). The summed E-state index contributed by atoms with van der Waals surface area (Å²) in [4.78, 5) is 11.8. The number of nitrogens with zero attached hydrogens (tertiary/aromatic N) is 1. The predicted molar refractivity (Wildman–Crippen MR) is 68.3 cm³/mol. The summed E-state index contributed by atoms with van der Waals surface area (Å²) >= 11 is 0. The Kier molecular flexibility index (Phi) is 3.97. The van der Waals surface area contributed by atoms with E-state index in [4.69, 9.17) is 4.52 Å². The molecule has 1 heterocycles. The van der Waals surface area contributed by atoms with Crippen molar-refractivity contribution in [3.05, 3.63) is 46.9 Å². The first-order valence-electron chi connectivity index (χ1n) is 5.88. The van der Waals surface area contributed by atoms with Crippen LogP contribution in [0.2, 0.25) is 0 Å². The second-order valence-corrected chi connectivity index (χ2v) is 4.18. The monoisotopic (exact) mass is 281 g/mol. The van der Waals surface area contributed by atoms with E-state index in [2.05, 4.69) is 15.8 Å². The molecule has 0 fully saturated rings. The van der Waals surface area contributed by atoms with Gasteiger partial charge in [0.05, 0.1) is 12.2 Å². The van der Waals surface area contributed by atoms with Crippen molar-refractivity contribution >= 4 is 11.6 Å². The van der Waals surface area contributed by atoms with Crippen LogP contribution in [0.15, 0.2) is 22.7 Å². The molecule has 106 valence electrons. The van der Waals surface area contributed by atoms with Crippen LogP contribution in [0.25, 0.3) is 0 Å². The molecule has 1 aromatic heterocycles. The van der Waals surface area contributed by atoms with E-state index in [1.807, 2.05) is 0 Å². The van der Waals surface area contributed by atoms with Gasteiger partial charge >= 0.3 is 0 Å². The number of hydrogen-bond acceptors (Lipinski definition) is 4. The molecule has 0 unspecified atom stereocenters. The number of halogens is 2. The van der Waals surface area contributed by atoms with Crippen LogP contribution in [-0.2, 0) is 6.54 Å². The van der Waals surface area contributed by atoms with Gasteiger partial charge < -0.3 is 15.2 Å². The van der Waals surface area contributed by atoms with Crippen LogP contribution in [0.1, 0.15) is 21.8 Å². The topological polar surface area (TPSA) is 67.2 Å². The summed E-state index contributed by atoms with van der Waals surface area (Å²) in [5.74, 6) is -1.79. The van der Waals surface area contributed by atoms with Crippen LogP contribution in [-0.4, -0.2) is 18.1 Å². The SMILES string of the molecule is CNc1c(F)cc(C(=O)NCc2cc(C)no2)cc1F. The Bertz CT molecular complexity index is 617. The number of amides is 1. The largest absolute Gasteiger partial charge is 0.383 e. The van der Waals surface area contributed by atoms with Crippen molar-refractivity contribution in [2.24, 2.45) is 0 Å². The summed E-state index contributed by atoms with van der Waals surface area (Å²) in [6.07, 6.45) is 0. The highest BCUT2D eigenvalue weighted by molar-refractivity contribution is 5.94. The summed E-state index contributed by atoms with van der Waals surface area (Å²) in [6.45, 7) is 1.84. The lowest BCUT2D eigenvalue weighted by Crippen LogP contribution is -2.23. The zero-order valence-corrected chi connectivity index (χ0v) is 11.0. The predicted octanol–water partition coefficient (Wildman–Crippen LogP) is 2.23. The molecule has 1 aromatic carbocycles. The molecule has 2 rings (SSSR count). The van der Waals surface area contributed by atoms with Crippen LogP contribution in [0.3, 0.4) is 0 Å². The fourth-order valence-corrected chi connectivity index (χ4v) is 1.71. The third-order valence-electron chi connectivity index (χ3n) is 2.65. The van der Waals surface area contributed by atoms with Crippen molar-refractivity contribution in [3.63, 3.8) is 0 Å². The Labute approximate surface area is 114 Å². The summed E-state index contributed by atoms with van der Waals surface area (Å²) in [6, 6.07) is 3.59. The van der Waals surface area contributed by atoms with Gasteiger partial charge in [0.15, 0.2) is 5.76 Å². The second-order valence-electron chi connectivity index (χ2n) is 4.18. The van der Waals surface area contributed by atoms with E-state index in [0.717, 1.165) is 12.1 Å². The van der Waals surface area contributed by atoms with E-state index in [1.54, 1.807) is 13.0 Å². The maximum absolute atomic E-state index is 13.5. The molecule has 0 aliphatic rings. The van der Waals surface area contributed by atoms with Crippen LogP contribution >= 0.6 is 0 Å². The molecule has 0 aliphatic carbocycles. The molecule has 0 bridgehead atoms. The minimum Gasteiger partial charge on any atom is -0.383 e. The normalized spacial score (nSPS) is 10.4. The fourth-order valence-electron chi connectivity index (χ4n) is 1.71. The molecule has 7 heteroatoms. The van der Waals surface area contributed by atoms with Gasteiger partial charge in [-0.1, -0.05) is 5.16 Å². The van der Waals surface area contributed by atoms with Gasteiger partial charge in [-0.3, -0.25) is 4.79 Å². The lowest BCUT2D eigenvalue weighted by molar-refractivity contribution is 0.0946. The number of rotatable bonds is 4. The Balaban J connectivity index is 2.09. The minimum atomic E-state index is -0.826. The van der Waals surface area contributed by atoms with Crippen molar-refractivity contribution in [3.8, 4) is 0 Å². The molecule has 0 saturated carbocycles. The molecule has 0 saturated heterocycles. The van der Waals surface area contributed by atoms with E-state index < -0.39 is 17.5 Å². The number of nitrogens with one attached hydrogen (secondary N) is 2. The first kappa shape index (κ1) is 14.0. The number of aryl methyl sites for hydroxylation is 1. The van der Waals surface area contributed by atoms with Crippen molar-refractivity contribution in [1.82, 2.24) is 10.5 Å². The van der Waals surface area contributed by atoms with Crippen molar-refractivity contribution in [2.45, 2.75) is 13.5 Å². The number of carbonyl (C=O) groups excluding carboxylic acids is 1. The number of hydrogen-bond donors (Lipinski definition) is 2. The van der Waals surface area contributed by atoms with Crippen LogP contribution in [0, 0.1) is 18.6 Å². The van der Waals surface area contributed by atoms with Gasteiger partial charge in [-0.15, -0.1) is 0 Å². The summed E-state index contributed by atoms with van der Waals surface area (Å²) in [7, 11) is 1.40. The number of aromatic nitrogens is 1. The Morgan fingerprint density at radius 1 is 1.30 bits per heavy atom. The average molecular weight is 281 g/mol. The maximum Gasteiger partial charge on any atom is 0.251 e. The number of carbonyl (C=O) groups is 1. The van der Waals surface area contributed by atoms with Crippen LogP contribution in [0.4, 0.5) is 14.5 Å². The van der Waals surface area contributed by atoms with E-state index in [0.29, 0.717) is 11.5 Å². The quantitative estimate of drug-likeness (QED) is 0.902. The molecule has 0 spiro atoms. The van der Waals surface area contributed by atoms with Gasteiger partial charge in [-0.2, -0.15) is 0 Å². The Morgan fingerprint density at radius 3 is 2.45 bits per heavy atom. The van der Waals surface area contributed by atoms with Gasteiger partial charge in [0.1, 0.15) is 17.3 Å². The van der Waals surface area contributed by atoms with Gasteiger partial charge in [0.2, 0.25) is 0 Å². The summed E-state index contributed by atoms with van der Waals surface area (Å²) < 4.78 is 32.0. The number of anilines is 1. The molecule has 20 heavy (non-hydrogen) atoms. The van der Waals surface area contributed by atoms with Crippen LogP contribution < -0.4 is 10.6 Å². The Morgan fingerprint density at radius 2 is 1.95 bits per heavy atom. The highest BCUT2D eigenvalue weighted by Gasteiger charge is 2.14. The molecule has 1 amide bonds. The zero-order valence-electron chi connectivity index (χ0n) is 11.0. The second kappa shape index (κ2) is 5.68. The third-order valence-corrected chi connectivity index (χ3v) is 2.65. The summed E-state index contributed by atoms with van der Waals surface area (Å²) in [5, 5.41) is 8.54. The molecule has 0 aliphatic heterocycles. The van der Waals surface area contributed by atoms with Crippen LogP contribution in [0.5, 0.6) is 0 Å². The van der Waals surface area contributed by atoms with Crippen molar-refractivity contribution in [1.29, 1.82) is 0 Å². The van der Waals surface area contributed by atoms with E-state index in [1.165, 1.54) is 7.05 Å². The van der Waals surface area contributed by atoms with Crippen molar-refractivity contribution in [2.75, 3.05) is 12.4 Å². The molecule has 2 aromatic rings. The highest BCUT2D eigenvalue weighted by Crippen LogP contribution is 2.20. The van der Waals surface area contributed by atoms with E-state index in [-0.39, 0.29) is 17.8 Å². The third kappa shape index (κ3) is 2.93. The van der Waals surface area contributed by atoms with Gasteiger partial charge in [0, 0.05) is 18.7 Å². The highest BCUT2D eigenvalue weighted by atomic mass is 19.1. The minimum absolute atomic E-state index is 0.0939. The first-order valence-corrected chi connectivity index (χ1v) is 5.88. The molecular formula is C13H13F2N3O2. The maximum atomic E-state index is 13.5. The molecule has 2 N–H and O–H groups in total. The first-order chi connectivity index (χ1) is 9.51. The molecular weight excluding hydrogens is 268 g/mol. The lowest BCUT2D eigenvalue weighted by atomic mass is 10.1. The zero-order chi connectivity index (χ0) is 14.7. The van der Waals surface area contributed by atoms with E-state index >= 15 is 0 Å². The van der Waals surface area contributed by atoms with E-state index in [9.17, 15) is 13.6 Å². The summed E-state index contributed by atoms with van der Waals surface area (Å²) in [5.41, 5.74) is 0.312. The van der Waals surface area contributed by atoms with Gasteiger partial charge in [-0.05, 0) is 19.1 Å². The van der Waals surface area contributed by atoms with Crippen molar-refractivity contribution < 1.29 is 18.1 Å². The smallest absolute Gasteiger partial charge is 0.251 e. The number of benzene rings is 1. The lowest BCUT2D eigenvalue weighted by Gasteiger charge is -2.07. The molecule has 0 atom stereocenters. The average Bonchev–Trinajstić information content (AvgIpc) is 2.81. The van der Waals surface area contributed by atoms with Gasteiger partial charge in [0.25, 0.3) is 5.91 Å². The van der Waals surface area contributed by atoms with Gasteiger partial charge in [-0.25, -0.2) is 8.78 Å². The molecule has 0 radical (unpaired) electrons. The fraction of sp³-hybridized carbons (Fsp3) is 0.231. The molecule has 5 nitrogen and oxygen atoms in total.